The molecule has 0 saturated heterocycles. The number of phosphoric acid groups is 1. The average molecular weight is 783 g/mol. The van der Waals surface area contributed by atoms with E-state index in [9.17, 15) is 19.0 Å². The maximum absolute atomic E-state index is 12.8. The smallest absolute Gasteiger partial charge is 0.462 e. The van der Waals surface area contributed by atoms with Crippen molar-refractivity contribution in [3.8, 4) is 0 Å². The number of benzene rings is 2. The second kappa shape index (κ2) is 29.0. The third-order valence-corrected chi connectivity index (χ3v) is 9.94. The van der Waals surface area contributed by atoms with Crippen LogP contribution in [-0.4, -0.2) is 74.9 Å². The van der Waals surface area contributed by atoms with Crippen LogP contribution in [-0.2, 0) is 32.7 Å². The molecule has 1 N–H and O–H groups in total. The Bertz CT molecular complexity index is 1410. The normalized spacial score (nSPS) is 13.5. The summed E-state index contributed by atoms with van der Waals surface area (Å²) >= 11 is 0. The van der Waals surface area contributed by atoms with Gasteiger partial charge in [-0.1, -0.05) is 175 Å². The third kappa shape index (κ3) is 25.5. The molecule has 9 nitrogen and oxygen atoms in total. The number of esters is 2. The van der Waals surface area contributed by atoms with E-state index >= 15 is 0 Å². The number of carbonyl (C=O) groups excluding carboxylic acids is 2. The molecule has 306 valence electrons. The first kappa shape index (κ1) is 47.8. The van der Waals surface area contributed by atoms with E-state index in [0.717, 1.165) is 36.0 Å². The highest BCUT2D eigenvalue weighted by atomic mass is 31.2. The SMILES string of the molecule is CCCCCCCCCCCCCCCC(=O)OC[C@H](COP(=O)(O)OCC[N+](C)(C)C)OC(=O)CC/C=C/C=C/C=C(c1ccccc1)c1ccccc1. The average Bonchev–Trinajstić information content (AvgIpc) is 3.15. The molecule has 0 heterocycles. The Morgan fingerprint density at radius 3 is 1.78 bits per heavy atom. The van der Waals surface area contributed by atoms with Crippen LogP contribution in [0.3, 0.4) is 0 Å². The number of carbonyl (C=O) groups is 2. The van der Waals surface area contributed by atoms with Crippen molar-refractivity contribution in [2.45, 2.75) is 116 Å². The van der Waals surface area contributed by atoms with Crippen LogP contribution in [0.4, 0.5) is 0 Å². The second-order valence-corrected chi connectivity index (χ2v) is 16.5. The molecule has 0 amide bonds. The zero-order valence-electron chi connectivity index (χ0n) is 34.1. The molecule has 0 saturated carbocycles. The van der Waals surface area contributed by atoms with Gasteiger partial charge in [-0.25, -0.2) is 4.57 Å². The first-order valence-electron chi connectivity index (χ1n) is 20.4. The van der Waals surface area contributed by atoms with Crippen molar-refractivity contribution in [3.63, 3.8) is 0 Å². The van der Waals surface area contributed by atoms with Crippen molar-refractivity contribution in [2.24, 2.45) is 0 Å². The van der Waals surface area contributed by atoms with Crippen molar-refractivity contribution in [1.29, 1.82) is 0 Å². The largest absolute Gasteiger partial charge is 0.472 e. The number of hydrogen-bond donors (Lipinski definition) is 1. The molecule has 0 fully saturated rings. The fourth-order valence-electron chi connectivity index (χ4n) is 5.74. The molecule has 2 aromatic carbocycles. The Balaban J connectivity index is 1.80. The molecule has 2 aromatic rings. The molecule has 0 radical (unpaired) electrons. The minimum absolute atomic E-state index is 0.00619. The zero-order chi connectivity index (χ0) is 40.0. The van der Waals surface area contributed by atoms with E-state index in [4.69, 9.17) is 18.5 Å². The van der Waals surface area contributed by atoms with Crippen LogP contribution in [0.5, 0.6) is 0 Å². The Labute approximate surface area is 332 Å². The molecule has 2 rings (SSSR count). The van der Waals surface area contributed by atoms with Gasteiger partial charge in [0.05, 0.1) is 27.7 Å². The van der Waals surface area contributed by atoms with Crippen molar-refractivity contribution in [1.82, 2.24) is 0 Å². The van der Waals surface area contributed by atoms with Gasteiger partial charge < -0.3 is 18.9 Å². The van der Waals surface area contributed by atoms with Gasteiger partial charge in [-0.2, -0.15) is 0 Å². The molecule has 55 heavy (non-hydrogen) atoms. The van der Waals surface area contributed by atoms with Crippen LogP contribution in [0.1, 0.15) is 121 Å². The number of likely N-dealkylation sites (N-methyl/N-ethyl adjacent to an activating group) is 1. The molecule has 0 aliphatic carbocycles. The van der Waals surface area contributed by atoms with E-state index in [2.05, 4.69) is 37.3 Å². The molecule has 0 aliphatic rings. The highest BCUT2D eigenvalue weighted by Crippen LogP contribution is 2.43. The van der Waals surface area contributed by atoms with Gasteiger partial charge in [0.15, 0.2) is 6.10 Å². The molecular formula is C45H69NO8P+. The van der Waals surface area contributed by atoms with Crippen molar-refractivity contribution in [3.05, 3.63) is 102 Å². The molecule has 0 bridgehead atoms. The van der Waals surface area contributed by atoms with Gasteiger partial charge >= 0.3 is 19.8 Å². The van der Waals surface area contributed by atoms with Crippen LogP contribution in [0.15, 0.2) is 91.0 Å². The summed E-state index contributed by atoms with van der Waals surface area (Å²) in [7, 11) is 1.39. The van der Waals surface area contributed by atoms with Gasteiger partial charge in [0, 0.05) is 12.8 Å². The monoisotopic (exact) mass is 782 g/mol. The number of allylic oxidation sites excluding steroid dienone is 5. The lowest BCUT2D eigenvalue weighted by Crippen LogP contribution is -2.37. The lowest BCUT2D eigenvalue weighted by atomic mass is 9.97. The Kier molecular flexibility index (Phi) is 25.2. The van der Waals surface area contributed by atoms with Gasteiger partial charge in [0.25, 0.3) is 0 Å². The zero-order valence-corrected chi connectivity index (χ0v) is 35.0. The van der Waals surface area contributed by atoms with Gasteiger partial charge in [-0.05, 0) is 29.5 Å². The van der Waals surface area contributed by atoms with Crippen LogP contribution in [0.2, 0.25) is 0 Å². The van der Waals surface area contributed by atoms with E-state index in [-0.39, 0.29) is 26.1 Å². The van der Waals surface area contributed by atoms with E-state index < -0.39 is 32.5 Å². The van der Waals surface area contributed by atoms with Crippen LogP contribution < -0.4 is 0 Å². The first-order chi connectivity index (χ1) is 26.5. The first-order valence-corrected chi connectivity index (χ1v) is 21.9. The summed E-state index contributed by atoms with van der Waals surface area (Å²) in [6, 6.07) is 20.3. The summed E-state index contributed by atoms with van der Waals surface area (Å²) in [5.74, 6) is -0.939. The van der Waals surface area contributed by atoms with Crippen LogP contribution >= 0.6 is 7.82 Å². The summed E-state index contributed by atoms with van der Waals surface area (Å²) in [4.78, 5) is 35.5. The summed E-state index contributed by atoms with van der Waals surface area (Å²) in [6.07, 6.45) is 25.1. The number of ether oxygens (including phenoxy) is 2. The Morgan fingerprint density at radius 1 is 0.691 bits per heavy atom. The highest BCUT2D eigenvalue weighted by molar-refractivity contribution is 7.47. The lowest BCUT2D eigenvalue weighted by Gasteiger charge is -2.24. The van der Waals surface area contributed by atoms with Crippen LogP contribution in [0, 0.1) is 0 Å². The van der Waals surface area contributed by atoms with Crippen molar-refractivity contribution >= 4 is 25.3 Å². The van der Waals surface area contributed by atoms with Gasteiger partial charge in [-0.15, -0.1) is 0 Å². The number of nitrogens with zero attached hydrogens (tertiary/aromatic N) is 1. The number of hydrogen-bond acceptors (Lipinski definition) is 7. The van der Waals surface area contributed by atoms with Gasteiger partial charge in [0.1, 0.15) is 19.8 Å². The van der Waals surface area contributed by atoms with E-state index in [0.29, 0.717) is 17.4 Å². The standard InChI is InChI=1S/C45H68NO8P/c1-5-6-7-8-9-10-11-12-13-14-15-18-27-34-44(47)51-38-42(39-53-55(49,50)52-37-36-46(2,3)4)54-45(48)35-28-19-16-17-26-33-43(40-29-22-20-23-30-40)41-31-24-21-25-32-41/h16-17,19-26,29-33,42H,5-15,18,27-28,34-39H2,1-4H3/p+1/b19-16+,26-17+/t42-/m1/s1. The molecule has 2 atom stereocenters. The molecular weight excluding hydrogens is 713 g/mol. The Hall–Kier alpha value is -3.33. The fourth-order valence-corrected chi connectivity index (χ4v) is 6.48. The topological polar surface area (TPSA) is 108 Å². The number of phosphoric ester groups is 1. The molecule has 1 unspecified atom stereocenters. The maximum atomic E-state index is 12.8. The number of unbranched alkanes of at least 4 members (excludes halogenated alkanes) is 12. The molecule has 0 spiro atoms. The molecule has 0 aliphatic heterocycles. The minimum atomic E-state index is -4.42. The third-order valence-electron chi connectivity index (χ3n) is 8.96. The predicted octanol–water partition coefficient (Wildman–Crippen LogP) is 10.8. The summed E-state index contributed by atoms with van der Waals surface area (Å²) in [5, 5.41) is 0. The van der Waals surface area contributed by atoms with Crippen molar-refractivity contribution < 1.29 is 42.1 Å². The predicted molar refractivity (Wildman–Crippen MR) is 223 cm³/mol. The van der Waals surface area contributed by atoms with E-state index in [1.165, 1.54) is 64.2 Å². The maximum Gasteiger partial charge on any atom is 0.472 e. The highest BCUT2D eigenvalue weighted by Gasteiger charge is 2.27. The Morgan fingerprint density at radius 2 is 1.24 bits per heavy atom. The van der Waals surface area contributed by atoms with E-state index in [1.807, 2.05) is 81.8 Å². The number of rotatable bonds is 31. The van der Waals surface area contributed by atoms with E-state index in [1.54, 1.807) is 0 Å². The summed E-state index contributed by atoms with van der Waals surface area (Å²) < 4.78 is 34.3. The number of quaternary nitrogens is 1. The van der Waals surface area contributed by atoms with Crippen LogP contribution in [0.25, 0.3) is 5.57 Å². The van der Waals surface area contributed by atoms with Crippen molar-refractivity contribution in [2.75, 3.05) is 47.5 Å². The fraction of sp³-hybridized carbons (Fsp3) is 0.556. The summed E-state index contributed by atoms with van der Waals surface area (Å²) in [6.45, 7) is 2.01. The molecule has 0 aromatic heterocycles. The molecule has 10 heteroatoms. The summed E-state index contributed by atoms with van der Waals surface area (Å²) in [5.41, 5.74) is 3.32. The van der Waals surface area contributed by atoms with Gasteiger partial charge in [0.2, 0.25) is 0 Å². The lowest BCUT2D eigenvalue weighted by molar-refractivity contribution is -0.870. The minimum Gasteiger partial charge on any atom is -0.462 e. The van der Waals surface area contributed by atoms with Gasteiger partial charge in [-0.3, -0.25) is 18.6 Å². The quantitative estimate of drug-likeness (QED) is 0.0265. The second-order valence-electron chi connectivity index (χ2n) is 15.1.